The quantitative estimate of drug-likeness (QED) is 0.666. The summed E-state index contributed by atoms with van der Waals surface area (Å²) in [7, 11) is 0. The Morgan fingerprint density at radius 1 is 1.29 bits per heavy atom. The Morgan fingerprint density at radius 3 is 2.67 bits per heavy atom. The standard InChI is InChI=1S/C18H38N2O/c1-6-10-18(5,14-19-16(3)4)15-20-11-8-9-17(13-20)21-12-7-2/h16-17,19H,6-15H2,1-5H3. The molecule has 1 aliphatic rings. The molecule has 0 spiro atoms. The number of rotatable bonds is 10. The molecule has 3 nitrogen and oxygen atoms in total. The van der Waals surface area contributed by atoms with E-state index >= 15 is 0 Å². The summed E-state index contributed by atoms with van der Waals surface area (Å²) in [6.45, 7) is 17.0. The summed E-state index contributed by atoms with van der Waals surface area (Å²) < 4.78 is 5.98. The van der Waals surface area contributed by atoms with Crippen LogP contribution in [0.5, 0.6) is 0 Å². The molecule has 0 bridgehead atoms. The van der Waals surface area contributed by atoms with Gasteiger partial charge in [-0.05, 0) is 37.6 Å². The molecule has 0 radical (unpaired) electrons. The Morgan fingerprint density at radius 2 is 2.05 bits per heavy atom. The van der Waals surface area contributed by atoms with E-state index in [-0.39, 0.29) is 0 Å². The third-order valence-electron chi connectivity index (χ3n) is 4.42. The lowest BCUT2D eigenvalue weighted by Crippen LogP contribution is -2.48. The van der Waals surface area contributed by atoms with Gasteiger partial charge in [0.15, 0.2) is 0 Å². The summed E-state index contributed by atoms with van der Waals surface area (Å²) in [6.07, 6.45) is 6.67. The lowest BCUT2D eigenvalue weighted by Gasteiger charge is -2.40. The number of hydrogen-bond donors (Lipinski definition) is 1. The molecule has 0 aromatic rings. The van der Waals surface area contributed by atoms with E-state index in [1.807, 2.05) is 0 Å². The van der Waals surface area contributed by atoms with Gasteiger partial charge in [-0.15, -0.1) is 0 Å². The number of hydrogen-bond acceptors (Lipinski definition) is 3. The number of piperidine rings is 1. The monoisotopic (exact) mass is 298 g/mol. The Balaban J connectivity index is 2.48. The fourth-order valence-electron chi connectivity index (χ4n) is 3.39. The zero-order valence-corrected chi connectivity index (χ0v) is 15.1. The topological polar surface area (TPSA) is 24.5 Å². The van der Waals surface area contributed by atoms with Crippen LogP contribution in [-0.2, 0) is 4.74 Å². The van der Waals surface area contributed by atoms with E-state index in [0.29, 0.717) is 17.6 Å². The predicted molar refractivity (Wildman–Crippen MR) is 91.9 cm³/mol. The molecular weight excluding hydrogens is 260 g/mol. The molecule has 21 heavy (non-hydrogen) atoms. The molecule has 0 amide bonds. The van der Waals surface area contributed by atoms with Crippen LogP contribution in [0.2, 0.25) is 0 Å². The highest BCUT2D eigenvalue weighted by atomic mass is 16.5. The lowest BCUT2D eigenvalue weighted by atomic mass is 9.84. The van der Waals surface area contributed by atoms with E-state index in [4.69, 9.17) is 4.74 Å². The molecule has 0 saturated carbocycles. The summed E-state index contributed by atoms with van der Waals surface area (Å²) in [5.41, 5.74) is 0.381. The van der Waals surface area contributed by atoms with E-state index in [1.165, 1.54) is 38.8 Å². The summed E-state index contributed by atoms with van der Waals surface area (Å²) in [5, 5.41) is 3.65. The van der Waals surface area contributed by atoms with E-state index < -0.39 is 0 Å². The highest BCUT2D eigenvalue weighted by Gasteiger charge is 2.29. The highest BCUT2D eigenvalue weighted by molar-refractivity contribution is 4.84. The first-order chi connectivity index (χ1) is 9.99. The van der Waals surface area contributed by atoms with Crippen LogP contribution in [0.25, 0.3) is 0 Å². The molecule has 2 atom stereocenters. The molecular formula is C18H38N2O. The fraction of sp³-hybridized carbons (Fsp3) is 1.00. The molecule has 3 heteroatoms. The number of nitrogens with zero attached hydrogens (tertiary/aromatic N) is 1. The van der Waals surface area contributed by atoms with Gasteiger partial charge in [0.2, 0.25) is 0 Å². The van der Waals surface area contributed by atoms with Crippen LogP contribution in [0.4, 0.5) is 0 Å². The van der Waals surface area contributed by atoms with Crippen LogP contribution >= 0.6 is 0 Å². The van der Waals surface area contributed by atoms with Crippen molar-refractivity contribution < 1.29 is 4.74 Å². The Hall–Kier alpha value is -0.120. The van der Waals surface area contributed by atoms with Crippen LogP contribution < -0.4 is 5.32 Å². The predicted octanol–water partition coefficient (Wildman–Crippen LogP) is 3.68. The molecule has 0 aliphatic carbocycles. The molecule has 0 aromatic heterocycles. The Bertz CT molecular complexity index is 270. The van der Waals surface area contributed by atoms with Gasteiger partial charge in [-0.2, -0.15) is 0 Å². The van der Waals surface area contributed by atoms with Gasteiger partial charge >= 0.3 is 0 Å². The largest absolute Gasteiger partial charge is 0.377 e. The van der Waals surface area contributed by atoms with Crippen molar-refractivity contribution in [1.82, 2.24) is 10.2 Å². The van der Waals surface area contributed by atoms with Crippen LogP contribution in [0.3, 0.4) is 0 Å². The van der Waals surface area contributed by atoms with E-state index in [2.05, 4.69) is 44.8 Å². The van der Waals surface area contributed by atoms with Crippen molar-refractivity contribution >= 4 is 0 Å². The maximum Gasteiger partial charge on any atom is 0.0702 e. The average Bonchev–Trinajstić information content (AvgIpc) is 2.44. The molecule has 2 unspecified atom stereocenters. The van der Waals surface area contributed by atoms with Gasteiger partial charge in [-0.25, -0.2) is 0 Å². The summed E-state index contributed by atoms with van der Waals surface area (Å²) >= 11 is 0. The third kappa shape index (κ3) is 7.62. The van der Waals surface area contributed by atoms with Crippen molar-refractivity contribution in [3.63, 3.8) is 0 Å². The van der Waals surface area contributed by atoms with Gasteiger partial charge in [0.05, 0.1) is 6.10 Å². The molecule has 1 heterocycles. The first-order valence-electron chi connectivity index (χ1n) is 9.06. The van der Waals surface area contributed by atoms with Gasteiger partial charge in [-0.1, -0.05) is 41.0 Å². The van der Waals surface area contributed by atoms with Crippen LogP contribution in [0, 0.1) is 5.41 Å². The zero-order valence-electron chi connectivity index (χ0n) is 15.1. The number of nitrogens with one attached hydrogen (secondary N) is 1. The van der Waals surface area contributed by atoms with E-state index in [0.717, 1.165) is 26.1 Å². The average molecular weight is 299 g/mol. The van der Waals surface area contributed by atoms with Gasteiger partial charge in [0, 0.05) is 32.3 Å². The summed E-state index contributed by atoms with van der Waals surface area (Å²) in [5.74, 6) is 0. The number of ether oxygens (including phenoxy) is 1. The second-order valence-corrected chi connectivity index (χ2v) is 7.47. The maximum absolute atomic E-state index is 5.98. The minimum Gasteiger partial charge on any atom is -0.377 e. The van der Waals surface area contributed by atoms with Gasteiger partial charge in [0.25, 0.3) is 0 Å². The molecule has 1 rings (SSSR count). The molecule has 1 fully saturated rings. The first-order valence-corrected chi connectivity index (χ1v) is 9.06. The lowest BCUT2D eigenvalue weighted by molar-refractivity contribution is -0.0113. The van der Waals surface area contributed by atoms with E-state index in [9.17, 15) is 0 Å². The summed E-state index contributed by atoms with van der Waals surface area (Å²) in [6, 6.07) is 0.572. The van der Waals surface area contributed by atoms with Gasteiger partial charge in [0.1, 0.15) is 0 Å². The second-order valence-electron chi connectivity index (χ2n) is 7.47. The van der Waals surface area contributed by atoms with Gasteiger partial charge < -0.3 is 15.0 Å². The van der Waals surface area contributed by atoms with Crippen LogP contribution in [0.1, 0.15) is 66.7 Å². The highest BCUT2D eigenvalue weighted by Crippen LogP contribution is 2.26. The smallest absolute Gasteiger partial charge is 0.0702 e. The SMILES string of the molecule is CCCOC1CCCN(CC(C)(CCC)CNC(C)C)C1. The summed E-state index contributed by atoms with van der Waals surface area (Å²) in [4.78, 5) is 2.64. The minimum atomic E-state index is 0.381. The van der Waals surface area contributed by atoms with Crippen molar-refractivity contribution in [1.29, 1.82) is 0 Å². The Labute approximate surface area is 132 Å². The molecule has 0 aromatic carbocycles. The van der Waals surface area contributed by atoms with Crippen LogP contribution in [-0.4, -0.2) is 49.8 Å². The van der Waals surface area contributed by atoms with Crippen molar-refractivity contribution in [2.75, 3.05) is 32.8 Å². The zero-order chi connectivity index (χ0) is 15.7. The third-order valence-corrected chi connectivity index (χ3v) is 4.42. The number of likely N-dealkylation sites (tertiary alicyclic amines) is 1. The van der Waals surface area contributed by atoms with Crippen LogP contribution in [0.15, 0.2) is 0 Å². The fourth-order valence-corrected chi connectivity index (χ4v) is 3.39. The van der Waals surface area contributed by atoms with Crippen molar-refractivity contribution in [2.45, 2.75) is 78.9 Å². The molecule has 1 saturated heterocycles. The van der Waals surface area contributed by atoms with Crippen molar-refractivity contribution in [2.24, 2.45) is 5.41 Å². The Kier molecular flexibility index (Phi) is 8.84. The van der Waals surface area contributed by atoms with Gasteiger partial charge in [-0.3, -0.25) is 0 Å². The first kappa shape index (κ1) is 18.9. The van der Waals surface area contributed by atoms with E-state index in [1.54, 1.807) is 0 Å². The second kappa shape index (κ2) is 9.81. The maximum atomic E-state index is 5.98. The normalized spacial score (nSPS) is 23.4. The molecule has 1 N–H and O–H groups in total. The minimum absolute atomic E-state index is 0.381. The van der Waals surface area contributed by atoms with Crippen molar-refractivity contribution in [3.05, 3.63) is 0 Å². The van der Waals surface area contributed by atoms with Crippen molar-refractivity contribution in [3.8, 4) is 0 Å². The molecule has 126 valence electrons. The molecule has 1 aliphatic heterocycles.